The number of nitrogens with zero attached hydrogens (tertiary/aromatic N) is 1. The molecule has 4 nitrogen and oxygen atoms in total. The van der Waals surface area contributed by atoms with Gasteiger partial charge in [-0.15, -0.1) is 11.3 Å². The highest BCUT2D eigenvalue weighted by Gasteiger charge is 2.22. The average Bonchev–Trinajstić information content (AvgIpc) is 2.81. The Bertz CT molecular complexity index is 679. The van der Waals surface area contributed by atoms with Crippen LogP contribution < -0.4 is 0 Å². The fourth-order valence-electron chi connectivity index (χ4n) is 1.59. The van der Waals surface area contributed by atoms with E-state index in [1.165, 1.54) is 26.2 Å². The first-order valence-corrected chi connectivity index (χ1v) is 6.68. The maximum absolute atomic E-state index is 13.3. The molecule has 104 valence electrons. The van der Waals surface area contributed by atoms with E-state index in [4.69, 9.17) is 11.6 Å². The van der Waals surface area contributed by atoms with Gasteiger partial charge in [-0.1, -0.05) is 11.6 Å². The van der Waals surface area contributed by atoms with Crippen molar-refractivity contribution in [2.75, 3.05) is 7.11 Å². The van der Waals surface area contributed by atoms with Crippen molar-refractivity contribution in [2.45, 2.75) is 6.92 Å². The Morgan fingerprint density at radius 3 is 2.60 bits per heavy atom. The standard InChI is InChI=1S/C13H9ClFNO3S/c1-6(17)11-10(13(18)19-2)16-12(20-11)7-3-8(14)5-9(15)4-7/h3-5H,1-2H3. The molecule has 0 saturated heterocycles. The zero-order valence-corrected chi connectivity index (χ0v) is 12.1. The molecule has 0 atom stereocenters. The number of Topliss-reactive ketones (excluding diaryl/α,β-unsaturated/α-hetero) is 1. The van der Waals surface area contributed by atoms with Crippen LogP contribution in [0.5, 0.6) is 0 Å². The minimum Gasteiger partial charge on any atom is -0.464 e. The summed E-state index contributed by atoms with van der Waals surface area (Å²) in [4.78, 5) is 27.3. The second kappa shape index (κ2) is 5.68. The first-order valence-electron chi connectivity index (χ1n) is 5.49. The van der Waals surface area contributed by atoms with Crippen LogP contribution in [0.1, 0.15) is 27.1 Å². The molecule has 0 aliphatic rings. The van der Waals surface area contributed by atoms with E-state index in [2.05, 4.69) is 9.72 Å². The molecule has 0 spiro atoms. The number of halogens is 2. The number of ether oxygens (including phenoxy) is 1. The average molecular weight is 314 g/mol. The lowest BCUT2D eigenvalue weighted by Crippen LogP contribution is -2.06. The molecule has 2 aromatic rings. The van der Waals surface area contributed by atoms with Gasteiger partial charge in [-0.2, -0.15) is 0 Å². The summed E-state index contributed by atoms with van der Waals surface area (Å²) in [6, 6.07) is 3.90. The number of thiazole rings is 1. The second-order valence-corrected chi connectivity index (χ2v) is 5.34. The third-order valence-electron chi connectivity index (χ3n) is 2.44. The van der Waals surface area contributed by atoms with Crippen LogP contribution in [0.2, 0.25) is 5.02 Å². The number of carbonyl (C=O) groups excluding carboxylic acids is 2. The second-order valence-electron chi connectivity index (χ2n) is 3.90. The predicted molar refractivity (Wildman–Crippen MR) is 73.9 cm³/mol. The Morgan fingerprint density at radius 2 is 2.05 bits per heavy atom. The summed E-state index contributed by atoms with van der Waals surface area (Å²) in [5.74, 6) is -1.54. The molecule has 0 fully saturated rings. The monoisotopic (exact) mass is 313 g/mol. The molecule has 7 heteroatoms. The fraction of sp³-hybridized carbons (Fsp3) is 0.154. The van der Waals surface area contributed by atoms with Crippen LogP contribution in [0.25, 0.3) is 10.6 Å². The summed E-state index contributed by atoms with van der Waals surface area (Å²) in [6.07, 6.45) is 0. The van der Waals surface area contributed by atoms with E-state index >= 15 is 0 Å². The Balaban J connectivity index is 2.58. The van der Waals surface area contributed by atoms with Crippen LogP contribution >= 0.6 is 22.9 Å². The molecule has 0 aliphatic heterocycles. The van der Waals surface area contributed by atoms with Crippen molar-refractivity contribution < 1.29 is 18.7 Å². The van der Waals surface area contributed by atoms with Gasteiger partial charge in [0.25, 0.3) is 0 Å². The SMILES string of the molecule is COC(=O)c1nc(-c2cc(F)cc(Cl)c2)sc1C(C)=O. The Labute approximate surface area is 123 Å². The number of methoxy groups -OCH3 is 1. The molecule has 0 bridgehead atoms. The van der Waals surface area contributed by atoms with E-state index < -0.39 is 11.8 Å². The summed E-state index contributed by atoms with van der Waals surface area (Å²) in [5.41, 5.74) is 0.332. The molecule has 2 rings (SSSR count). The van der Waals surface area contributed by atoms with Crippen LogP contribution in [-0.2, 0) is 4.74 Å². The number of aromatic nitrogens is 1. The molecule has 0 saturated carbocycles. The molecule has 0 amide bonds. The van der Waals surface area contributed by atoms with Crippen molar-refractivity contribution in [3.05, 3.63) is 39.6 Å². The molecular weight excluding hydrogens is 305 g/mol. The van der Waals surface area contributed by atoms with Crippen LogP contribution in [0, 0.1) is 5.82 Å². The third-order valence-corrected chi connectivity index (χ3v) is 3.86. The summed E-state index contributed by atoms with van der Waals surface area (Å²) >= 11 is 6.77. The van der Waals surface area contributed by atoms with Gasteiger partial charge < -0.3 is 4.74 Å². The molecular formula is C13H9ClFNO3S. The predicted octanol–water partition coefficient (Wildman–Crippen LogP) is 3.59. The number of rotatable bonds is 3. The van der Waals surface area contributed by atoms with E-state index in [9.17, 15) is 14.0 Å². The van der Waals surface area contributed by atoms with Gasteiger partial charge in [0, 0.05) is 17.5 Å². The molecule has 1 aromatic heterocycles. The van der Waals surface area contributed by atoms with Crippen LogP contribution in [-0.4, -0.2) is 23.8 Å². The lowest BCUT2D eigenvalue weighted by atomic mass is 10.2. The van der Waals surface area contributed by atoms with Gasteiger partial charge in [0.05, 0.1) is 7.11 Å². The largest absolute Gasteiger partial charge is 0.464 e. The van der Waals surface area contributed by atoms with Gasteiger partial charge in [0.15, 0.2) is 11.5 Å². The molecule has 1 aromatic carbocycles. The molecule has 1 heterocycles. The van der Waals surface area contributed by atoms with Gasteiger partial charge in [-0.05, 0) is 18.2 Å². The minimum absolute atomic E-state index is 0.0691. The van der Waals surface area contributed by atoms with Crippen molar-refractivity contribution >= 4 is 34.7 Å². The lowest BCUT2D eigenvalue weighted by Gasteiger charge is -1.98. The van der Waals surface area contributed by atoms with Crippen molar-refractivity contribution in [2.24, 2.45) is 0 Å². The molecule has 0 radical (unpaired) electrons. The normalized spacial score (nSPS) is 10.4. The number of ketones is 1. The molecule has 0 N–H and O–H groups in total. The maximum atomic E-state index is 13.3. The number of carbonyl (C=O) groups is 2. The number of esters is 1. The first kappa shape index (κ1) is 14.6. The van der Waals surface area contributed by atoms with Crippen LogP contribution in [0.4, 0.5) is 4.39 Å². The quantitative estimate of drug-likeness (QED) is 0.642. The first-order chi connectivity index (χ1) is 9.42. The minimum atomic E-state index is -0.708. The van der Waals surface area contributed by atoms with E-state index in [-0.39, 0.29) is 21.4 Å². The summed E-state index contributed by atoms with van der Waals surface area (Å²) in [6.45, 7) is 1.32. The Kier molecular flexibility index (Phi) is 4.15. The topological polar surface area (TPSA) is 56.3 Å². The van der Waals surface area contributed by atoms with Crippen molar-refractivity contribution in [1.29, 1.82) is 0 Å². The smallest absolute Gasteiger partial charge is 0.358 e. The van der Waals surface area contributed by atoms with E-state index in [0.29, 0.717) is 10.6 Å². The Morgan fingerprint density at radius 1 is 1.35 bits per heavy atom. The molecule has 0 aliphatic carbocycles. The van der Waals surface area contributed by atoms with E-state index in [0.717, 1.165) is 17.4 Å². The number of hydrogen-bond acceptors (Lipinski definition) is 5. The zero-order chi connectivity index (χ0) is 14.9. The van der Waals surface area contributed by atoms with Crippen LogP contribution in [0.3, 0.4) is 0 Å². The van der Waals surface area contributed by atoms with Crippen LogP contribution in [0.15, 0.2) is 18.2 Å². The zero-order valence-electron chi connectivity index (χ0n) is 10.6. The summed E-state index contributed by atoms with van der Waals surface area (Å²) < 4.78 is 17.9. The van der Waals surface area contributed by atoms with Crippen molar-refractivity contribution in [1.82, 2.24) is 4.98 Å². The van der Waals surface area contributed by atoms with Crippen molar-refractivity contribution in [3.8, 4) is 10.6 Å². The number of hydrogen-bond donors (Lipinski definition) is 0. The maximum Gasteiger partial charge on any atom is 0.358 e. The number of benzene rings is 1. The Hall–Kier alpha value is -1.79. The summed E-state index contributed by atoms with van der Waals surface area (Å²) in [5, 5.41) is 0.538. The lowest BCUT2D eigenvalue weighted by molar-refractivity contribution is 0.0591. The van der Waals surface area contributed by atoms with Gasteiger partial charge in [-0.25, -0.2) is 14.2 Å². The highest BCUT2D eigenvalue weighted by atomic mass is 35.5. The van der Waals surface area contributed by atoms with Gasteiger partial charge in [0.2, 0.25) is 0 Å². The van der Waals surface area contributed by atoms with Crippen molar-refractivity contribution in [3.63, 3.8) is 0 Å². The van der Waals surface area contributed by atoms with E-state index in [1.807, 2.05) is 0 Å². The fourth-order valence-corrected chi connectivity index (χ4v) is 2.75. The highest BCUT2D eigenvalue weighted by Crippen LogP contribution is 2.31. The van der Waals surface area contributed by atoms with Gasteiger partial charge >= 0.3 is 5.97 Å². The van der Waals surface area contributed by atoms with E-state index in [1.54, 1.807) is 0 Å². The summed E-state index contributed by atoms with van der Waals surface area (Å²) in [7, 11) is 1.20. The van der Waals surface area contributed by atoms with Gasteiger partial charge in [0.1, 0.15) is 15.7 Å². The van der Waals surface area contributed by atoms with Gasteiger partial charge in [-0.3, -0.25) is 4.79 Å². The molecule has 20 heavy (non-hydrogen) atoms. The molecule has 0 unspecified atom stereocenters. The third kappa shape index (κ3) is 2.86. The highest BCUT2D eigenvalue weighted by molar-refractivity contribution is 7.17.